The Balaban J connectivity index is 2.13. The van der Waals surface area contributed by atoms with Gasteiger partial charge in [-0.25, -0.2) is 0 Å². The van der Waals surface area contributed by atoms with Gasteiger partial charge in [0.2, 0.25) is 0 Å². The van der Waals surface area contributed by atoms with Gasteiger partial charge in [-0.05, 0) is 19.4 Å². The van der Waals surface area contributed by atoms with E-state index in [1.165, 1.54) is 11.3 Å². The third-order valence-corrected chi connectivity index (χ3v) is 6.02. The van der Waals surface area contributed by atoms with Crippen molar-refractivity contribution in [2.45, 2.75) is 31.9 Å². The average Bonchev–Trinajstić information content (AvgIpc) is 2.66. The van der Waals surface area contributed by atoms with E-state index in [4.69, 9.17) is 5.73 Å². The second-order valence-electron chi connectivity index (χ2n) is 5.57. The van der Waals surface area contributed by atoms with Crippen LogP contribution in [-0.4, -0.2) is 36.0 Å². The van der Waals surface area contributed by atoms with Gasteiger partial charge in [-0.3, -0.25) is 4.79 Å². The molecule has 1 aromatic rings. The molecule has 1 fully saturated rings. The second kappa shape index (κ2) is 6.26. The van der Waals surface area contributed by atoms with Gasteiger partial charge in [0, 0.05) is 30.1 Å². The minimum absolute atomic E-state index is 0.0641. The Morgan fingerprint density at radius 1 is 1.50 bits per heavy atom. The van der Waals surface area contributed by atoms with Crippen molar-refractivity contribution in [3.63, 3.8) is 0 Å². The maximum atomic E-state index is 11.9. The molecule has 4 nitrogen and oxygen atoms in total. The first kappa shape index (κ1) is 15.5. The third kappa shape index (κ3) is 3.61. The lowest BCUT2D eigenvalue weighted by atomic mass is 10.1. The number of anilines is 2. The number of thiophene rings is 1. The maximum Gasteiger partial charge on any atom is 0.263 e. The summed E-state index contributed by atoms with van der Waals surface area (Å²) in [6, 6.07) is 1.94. The zero-order valence-electron chi connectivity index (χ0n) is 12.4. The van der Waals surface area contributed by atoms with Crippen molar-refractivity contribution in [3.05, 3.63) is 10.9 Å². The number of carbonyl (C=O) groups excluding carboxylic acids is 1. The van der Waals surface area contributed by atoms with Gasteiger partial charge in [0.15, 0.2) is 0 Å². The van der Waals surface area contributed by atoms with Crippen molar-refractivity contribution < 1.29 is 4.79 Å². The Labute approximate surface area is 129 Å². The summed E-state index contributed by atoms with van der Waals surface area (Å²) in [5, 5.41) is 3.93. The van der Waals surface area contributed by atoms with Gasteiger partial charge in [0.25, 0.3) is 5.91 Å². The molecule has 0 bridgehead atoms. The van der Waals surface area contributed by atoms with E-state index in [1.807, 2.05) is 24.8 Å². The summed E-state index contributed by atoms with van der Waals surface area (Å²) >= 11 is 3.52. The minimum Gasteiger partial charge on any atom is -0.397 e. The molecule has 0 aliphatic carbocycles. The summed E-state index contributed by atoms with van der Waals surface area (Å²) < 4.78 is 0.333. The molecule has 6 heteroatoms. The van der Waals surface area contributed by atoms with Crippen molar-refractivity contribution in [2.75, 3.05) is 36.0 Å². The number of hydrogen-bond donors (Lipinski definition) is 2. The Bertz CT molecular complexity index is 485. The molecular formula is C14H23N3OS2. The zero-order valence-corrected chi connectivity index (χ0v) is 14.0. The standard InChI is InChI=1S/C14H23N3OS2/c1-4-16-13(18)12-10(15)9-11(20-12)17-6-5-14(2,3)19-8-7-17/h9H,4-8,15H2,1-3H3,(H,16,18). The first-order valence-corrected chi connectivity index (χ1v) is 8.79. The summed E-state index contributed by atoms with van der Waals surface area (Å²) in [7, 11) is 0. The molecule has 0 radical (unpaired) electrons. The third-order valence-electron chi connectivity index (χ3n) is 3.44. The molecule has 0 saturated carbocycles. The SMILES string of the molecule is CCNC(=O)c1sc(N2CCSC(C)(C)CC2)cc1N. The molecule has 2 heterocycles. The lowest BCUT2D eigenvalue weighted by Crippen LogP contribution is -2.26. The number of amides is 1. The van der Waals surface area contributed by atoms with Crippen LogP contribution >= 0.6 is 23.1 Å². The van der Waals surface area contributed by atoms with E-state index >= 15 is 0 Å². The van der Waals surface area contributed by atoms with E-state index in [9.17, 15) is 4.79 Å². The number of rotatable bonds is 3. The number of carbonyl (C=O) groups is 1. The lowest BCUT2D eigenvalue weighted by molar-refractivity contribution is 0.0960. The van der Waals surface area contributed by atoms with Crippen molar-refractivity contribution in [2.24, 2.45) is 0 Å². The number of thioether (sulfide) groups is 1. The Kier molecular flexibility index (Phi) is 4.86. The highest BCUT2D eigenvalue weighted by Gasteiger charge is 2.25. The Morgan fingerprint density at radius 3 is 2.95 bits per heavy atom. The molecule has 20 heavy (non-hydrogen) atoms. The zero-order chi connectivity index (χ0) is 14.8. The van der Waals surface area contributed by atoms with Gasteiger partial charge in [-0.15, -0.1) is 11.3 Å². The fourth-order valence-corrected chi connectivity index (χ4v) is 4.35. The van der Waals surface area contributed by atoms with Gasteiger partial charge >= 0.3 is 0 Å². The quantitative estimate of drug-likeness (QED) is 0.901. The minimum atomic E-state index is -0.0641. The summed E-state index contributed by atoms with van der Waals surface area (Å²) in [6.07, 6.45) is 1.14. The van der Waals surface area contributed by atoms with Crippen LogP contribution in [0.25, 0.3) is 0 Å². The highest BCUT2D eigenvalue weighted by molar-refractivity contribution is 8.00. The molecule has 1 saturated heterocycles. The topological polar surface area (TPSA) is 58.4 Å². The van der Waals surface area contributed by atoms with Crippen molar-refractivity contribution in [1.29, 1.82) is 0 Å². The average molecular weight is 313 g/mol. The Morgan fingerprint density at radius 2 is 2.25 bits per heavy atom. The lowest BCUT2D eigenvalue weighted by Gasteiger charge is -2.22. The molecule has 1 aliphatic rings. The van der Waals surface area contributed by atoms with Gasteiger partial charge in [-0.2, -0.15) is 11.8 Å². The normalized spacial score (nSPS) is 18.6. The molecule has 112 valence electrons. The van der Waals surface area contributed by atoms with Crippen LogP contribution in [0.15, 0.2) is 6.07 Å². The number of nitrogens with one attached hydrogen (secondary N) is 1. The largest absolute Gasteiger partial charge is 0.397 e. The van der Waals surface area contributed by atoms with Crippen LogP contribution in [0.2, 0.25) is 0 Å². The summed E-state index contributed by atoms with van der Waals surface area (Å²) in [5.41, 5.74) is 6.58. The first-order valence-electron chi connectivity index (χ1n) is 6.99. The van der Waals surface area contributed by atoms with E-state index in [-0.39, 0.29) is 5.91 Å². The van der Waals surface area contributed by atoms with Crippen LogP contribution in [0, 0.1) is 0 Å². The molecule has 0 spiro atoms. The van der Waals surface area contributed by atoms with Crippen LogP contribution in [0.4, 0.5) is 10.7 Å². The Hall–Kier alpha value is -0.880. The van der Waals surface area contributed by atoms with E-state index in [2.05, 4.69) is 24.1 Å². The van der Waals surface area contributed by atoms with Crippen LogP contribution in [0.5, 0.6) is 0 Å². The summed E-state index contributed by atoms with van der Waals surface area (Å²) in [4.78, 5) is 14.9. The highest BCUT2D eigenvalue weighted by atomic mass is 32.2. The molecule has 1 aliphatic heterocycles. The molecule has 3 N–H and O–H groups in total. The van der Waals surface area contributed by atoms with Gasteiger partial charge < -0.3 is 16.0 Å². The molecule has 0 unspecified atom stereocenters. The van der Waals surface area contributed by atoms with E-state index < -0.39 is 0 Å². The first-order chi connectivity index (χ1) is 9.43. The number of hydrogen-bond acceptors (Lipinski definition) is 5. The molecule has 1 amide bonds. The smallest absolute Gasteiger partial charge is 0.263 e. The van der Waals surface area contributed by atoms with Crippen LogP contribution in [0.1, 0.15) is 36.9 Å². The van der Waals surface area contributed by atoms with Crippen LogP contribution < -0.4 is 16.0 Å². The van der Waals surface area contributed by atoms with Crippen molar-refractivity contribution in [3.8, 4) is 0 Å². The monoisotopic (exact) mass is 313 g/mol. The predicted octanol–water partition coefficient (Wildman–Crippen LogP) is 2.80. The predicted molar refractivity (Wildman–Crippen MR) is 90.1 cm³/mol. The van der Waals surface area contributed by atoms with E-state index in [0.717, 1.165) is 30.3 Å². The number of nitrogens with zero attached hydrogens (tertiary/aromatic N) is 1. The molecular weight excluding hydrogens is 290 g/mol. The maximum absolute atomic E-state index is 11.9. The number of nitrogen functional groups attached to an aromatic ring is 1. The van der Waals surface area contributed by atoms with E-state index in [1.54, 1.807) is 0 Å². The molecule has 0 atom stereocenters. The fourth-order valence-electron chi connectivity index (χ4n) is 2.21. The highest BCUT2D eigenvalue weighted by Crippen LogP contribution is 2.36. The fraction of sp³-hybridized carbons (Fsp3) is 0.643. The van der Waals surface area contributed by atoms with Crippen molar-refractivity contribution in [1.82, 2.24) is 5.32 Å². The van der Waals surface area contributed by atoms with Gasteiger partial charge in [0.1, 0.15) is 4.88 Å². The van der Waals surface area contributed by atoms with Crippen LogP contribution in [-0.2, 0) is 0 Å². The number of nitrogens with two attached hydrogens (primary N) is 1. The van der Waals surface area contributed by atoms with E-state index in [0.29, 0.717) is 21.9 Å². The molecule has 2 rings (SSSR count). The van der Waals surface area contributed by atoms with Gasteiger partial charge in [-0.1, -0.05) is 13.8 Å². The second-order valence-corrected chi connectivity index (χ2v) is 8.41. The summed E-state index contributed by atoms with van der Waals surface area (Å²) in [6.45, 7) is 9.17. The van der Waals surface area contributed by atoms with Crippen molar-refractivity contribution >= 4 is 39.7 Å². The summed E-state index contributed by atoms with van der Waals surface area (Å²) in [5.74, 6) is 1.05. The van der Waals surface area contributed by atoms with Gasteiger partial charge in [0.05, 0.1) is 10.7 Å². The van der Waals surface area contributed by atoms with Crippen LogP contribution in [0.3, 0.4) is 0 Å². The molecule has 0 aromatic carbocycles. The molecule has 1 aromatic heterocycles.